The van der Waals surface area contributed by atoms with Crippen molar-refractivity contribution < 1.29 is 4.79 Å². The predicted octanol–water partition coefficient (Wildman–Crippen LogP) is 3.36. The second-order valence-electron chi connectivity index (χ2n) is 5.25. The van der Waals surface area contributed by atoms with Crippen LogP contribution in [0.15, 0.2) is 16.7 Å². The van der Waals surface area contributed by atoms with E-state index in [2.05, 4.69) is 35.1 Å². The highest BCUT2D eigenvalue weighted by Gasteiger charge is 2.19. The first-order chi connectivity index (χ1) is 7.20. The third-order valence-corrected chi connectivity index (χ3v) is 2.53. The summed E-state index contributed by atoms with van der Waals surface area (Å²) in [6.45, 7) is 10.0. The van der Waals surface area contributed by atoms with Crippen LogP contribution in [0.1, 0.15) is 51.1 Å². The molecule has 1 aromatic rings. The second-order valence-corrected chi connectivity index (χ2v) is 6.16. The molecule has 4 heteroatoms. The molecule has 0 fully saturated rings. The van der Waals surface area contributed by atoms with Gasteiger partial charge in [0, 0.05) is 22.3 Å². The van der Waals surface area contributed by atoms with Gasteiger partial charge in [-0.05, 0) is 56.6 Å². The minimum atomic E-state index is -0.213. The van der Waals surface area contributed by atoms with Crippen molar-refractivity contribution >= 4 is 21.8 Å². The van der Waals surface area contributed by atoms with Gasteiger partial charge < -0.3 is 9.88 Å². The number of carbonyl (C=O) groups is 1. The van der Waals surface area contributed by atoms with Crippen molar-refractivity contribution in [2.75, 3.05) is 0 Å². The van der Waals surface area contributed by atoms with E-state index in [1.54, 1.807) is 0 Å². The molecular formula is C12H19BrN2O. The molecular weight excluding hydrogens is 268 g/mol. The van der Waals surface area contributed by atoms with E-state index in [4.69, 9.17) is 0 Å². The fraction of sp³-hybridized carbons (Fsp3) is 0.583. The number of nitrogens with zero attached hydrogens (tertiary/aromatic N) is 1. The van der Waals surface area contributed by atoms with E-state index >= 15 is 0 Å². The van der Waals surface area contributed by atoms with Crippen LogP contribution in [0, 0.1) is 0 Å². The Labute approximate surface area is 105 Å². The Kier molecular flexibility index (Phi) is 3.84. The number of hydrogen-bond acceptors (Lipinski definition) is 1. The van der Waals surface area contributed by atoms with E-state index in [9.17, 15) is 4.79 Å². The van der Waals surface area contributed by atoms with Gasteiger partial charge >= 0.3 is 0 Å². The van der Waals surface area contributed by atoms with Crippen molar-refractivity contribution in [3.63, 3.8) is 0 Å². The molecule has 0 radical (unpaired) electrons. The Morgan fingerprint density at radius 3 is 2.44 bits per heavy atom. The number of halogens is 1. The van der Waals surface area contributed by atoms with Crippen LogP contribution >= 0.6 is 15.9 Å². The van der Waals surface area contributed by atoms with Crippen molar-refractivity contribution in [3.05, 3.63) is 22.4 Å². The van der Waals surface area contributed by atoms with Crippen LogP contribution in [0.4, 0.5) is 0 Å². The van der Waals surface area contributed by atoms with Gasteiger partial charge in [0.25, 0.3) is 5.91 Å². The molecule has 0 aliphatic carbocycles. The largest absolute Gasteiger partial charge is 0.346 e. The molecule has 0 aliphatic rings. The summed E-state index contributed by atoms with van der Waals surface area (Å²) in [5.41, 5.74) is 0.479. The molecule has 1 aromatic heterocycles. The molecule has 0 unspecified atom stereocenters. The fourth-order valence-electron chi connectivity index (χ4n) is 1.46. The van der Waals surface area contributed by atoms with E-state index in [-0.39, 0.29) is 17.5 Å². The number of hydrogen-bond donors (Lipinski definition) is 1. The lowest BCUT2D eigenvalue weighted by Crippen LogP contribution is -2.41. The smallest absolute Gasteiger partial charge is 0.268 e. The molecule has 0 bridgehead atoms. The summed E-state index contributed by atoms with van der Waals surface area (Å²) in [6, 6.07) is 2.12. The van der Waals surface area contributed by atoms with Crippen LogP contribution in [0.25, 0.3) is 0 Å². The summed E-state index contributed by atoms with van der Waals surface area (Å²) in [5.74, 6) is -0.0353. The standard InChI is InChI=1S/C12H19BrN2O/c1-8(2)15-7-9(13)6-10(15)11(16)14-12(3,4)5/h6-8H,1-5H3,(H,14,16). The highest BCUT2D eigenvalue weighted by atomic mass is 79.9. The lowest BCUT2D eigenvalue weighted by atomic mass is 10.1. The van der Waals surface area contributed by atoms with Gasteiger partial charge in [0.15, 0.2) is 0 Å². The Morgan fingerprint density at radius 2 is 2.00 bits per heavy atom. The van der Waals surface area contributed by atoms with E-state index in [1.807, 2.05) is 37.6 Å². The van der Waals surface area contributed by atoms with Gasteiger partial charge in [0.2, 0.25) is 0 Å². The van der Waals surface area contributed by atoms with E-state index < -0.39 is 0 Å². The van der Waals surface area contributed by atoms with Crippen molar-refractivity contribution in [1.29, 1.82) is 0 Å². The maximum atomic E-state index is 12.0. The van der Waals surface area contributed by atoms with Crippen LogP contribution in [0.3, 0.4) is 0 Å². The summed E-state index contributed by atoms with van der Waals surface area (Å²) >= 11 is 3.40. The normalized spacial score (nSPS) is 11.9. The monoisotopic (exact) mass is 286 g/mol. The molecule has 1 heterocycles. The predicted molar refractivity (Wildman–Crippen MR) is 69.7 cm³/mol. The summed E-state index contributed by atoms with van der Waals surface area (Å²) in [4.78, 5) is 12.0. The zero-order valence-electron chi connectivity index (χ0n) is 10.5. The minimum Gasteiger partial charge on any atom is -0.346 e. The lowest BCUT2D eigenvalue weighted by molar-refractivity contribution is 0.0908. The number of rotatable bonds is 2. The van der Waals surface area contributed by atoms with Crippen LogP contribution in [-0.2, 0) is 0 Å². The average Bonchev–Trinajstić information content (AvgIpc) is 2.44. The first-order valence-corrected chi connectivity index (χ1v) is 6.20. The Balaban J connectivity index is 2.99. The molecule has 0 atom stereocenters. The first-order valence-electron chi connectivity index (χ1n) is 5.40. The van der Waals surface area contributed by atoms with Crippen molar-refractivity contribution in [1.82, 2.24) is 9.88 Å². The van der Waals surface area contributed by atoms with E-state index in [0.29, 0.717) is 5.69 Å². The molecule has 0 saturated heterocycles. The molecule has 90 valence electrons. The van der Waals surface area contributed by atoms with Crippen molar-refractivity contribution in [3.8, 4) is 0 Å². The quantitative estimate of drug-likeness (QED) is 0.889. The van der Waals surface area contributed by atoms with E-state index in [1.165, 1.54) is 0 Å². The molecule has 16 heavy (non-hydrogen) atoms. The molecule has 0 aromatic carbocycles. The van der Waals surface area contributed by atoms with Crippen molar-refractivity contribution in [2.24, 2.45) is 0 Å². The molecule has 0 saturated carbocycles. The first kappa shape index (κ1) is 13.3. The van der Waals surface area contributed by atoms with Gasteiger partial charge in [-0.25, -0.2) is 0 Å². The fourth-order valence-corrected chi connectivity index (χ4v) is 1.90. The number of carbonyl (C=O) groups excluding carboxylic acids is 1. The lowest BCUT2D eigenvalue weighted by Gasteiger charge is -2.21. The van der Waals surface area contributed by atoms with Gasteiger partial charge in [-0.15, -0.1) is 0 Å². The summed E-state index contributed by atoms with van der Waals surface area (Å²) in [6.07, 6.45) is 1.93. The number of amides is 1. The Bertz CT molecular complexity index is 388. The Hall–Kier alpha value is -0.770. The number of nitrogens with one attached hydrogen (secondary N) is 1. The molecule has 1 rings (SSSR count). The minimum absolute atomic E-state index is 0.0353. The van der Waals surface area contributed by atoms with Crippen LogP contribution in [0.2, 0.25) is 0 Å². The van der Waals surface area contributed by atoms with Gasteiger partial charge in [0.1, 0.15) is 5.69 Å². The third kappa shape index (κ3) is 3.37. The molecule has 0 spiro atoms. The zero-order chi connectivity index (χ0) is 12.5. The van der Waals surface area contributed by atoms with Crippen LogP contribution in [-0.4, -0.2) is 16.0 Å². The molecule has 1 N–H and O–H groups in total. The SMILES string of the molecule is CC(C)n1cc(Br)cc1C(=O)NC(C)(C)C. The summed E-state index contributed by atoms with van der Waals surface area (Å²) in [5, 5.41) is 2.96. The molecule has 0 aliphatic heterocycles. The summed E-state index contributed by atoms with van der Waals surface area (Å²) < 4.78 is 2.89. The van der Waals surface area contributed by atoms with Gasteiger partial charge in [0.05, 0.1) is 0 Å². The molecule has 1 amide bonds. The van der Waals surface area contributed by atoms with Crippen LogP contribution < -0.4 is 5.32 Å². The highest BCUT2D eigenvalue weighted by molar-refractivity contribution is 9.10. The highest BCUT2D eigenvalue weighted by Crippen LogP contribution is 2.19. The average molecular weight is 287 g/mol. The molecule has 3 nitrogen and oxygen atoms in total. The van der Waals surface area contributed by atoms with E-state index in [0.717, 1.165) is 4.47 Å². The topological polar surface area (TPSA) is 34.0 Å². The third-order valence-electron chi connectivity index (χ3n) is 2.09. The Morgan fingerprint density at radius 1 is 1.44 bits per heavy atom. The van der Waals surface area contributed by atoms with Gasteiger partial charge in [-0.1, -0.05) is 0 Å². The second kappa shape index (κ2) is 4.62. The van der Waals surface area contributed by atoms with Crippen molar-refractivity contribution in [2.45, 2.75) is 46.2 Å². The maximum Gasteiger partial charge on any atom is 0.268 e. The maximum absolute atomic E-state index is 12.0. The zero-order valence-corrected chi connectivity index (χ0v) is 12.1. The van der Waals surface area contributed by atoms with Crippen LogP contribution in [0.5, 0.6) is 0 Å². The summed E-state index contributed by atoms with van der Waals surface area (Å²) in [7, 11) is 0. The van der Waals surface area contributed by atoms with Gasteiger partial charge in [-0.2, -0.15) is 0 Å². The number of aromatic nitrogens is 1. The van der Waals surface area contributed by atoms with Gasteiger partial charge in [-0.3, -0.25) is 4.79 Å².